The summed E-state index contributed by atoms with van der Waals surface area (Å²) < 4.78 is 5.60. The Morgan fingerprint density at radius 1 is 0.480 bits per heavy atom. The van der Waals surface area contributed by atoms with Crippen LogP contribution in [0.2, 0.25) is 0 Å². The molecule has 0 amide bonds. The number of rotatable bonds is 21. The van der Waals surface area contributed by atoms with Gasteiger partial charge in [-0.1, -0.05) is 117 Å². The third-order valence-electron chi connectivity index (χ3n) is 5.03. The van der Waals surface area contributed by atoms with Gasteiger partial charge in [0.25, 0.3) is 0 Å². The molecule has 0 aliphatic heterocycles. The first-order valence-corrected chi connectivity index (χ1v) is 11.7. The van der Waals surface area contributed by atoms with Gasteiger partial charge in [0.15, 0.2) is 0 Å². The fourth-order valence-corrected chi connectivity index (χ4v) is 3.27. The van der Waals surface area contributed by atoms with E-state index in [2.05, 4.69) is 19.9 Å². The van der Waals surface area contributed by atoms with Crippen molar-refractivity contribution in [2.45, 2.75) is 136 Å². The minimum atomic E-state index is 0.907. The predicted octanol–water partition coefficient (Wildman–Crippen LogP) is 8.97. The molecule has 0 aliphatic rings. The first-order valence-electron chi connectivity index (χ1n) is 11.7. The molecule has 0 rings (SSSR count). The molecule has 150 valence electrons. The lowest BCUT2D eigenvalue weighted by Gasteiger charge is -2.03. The van der Waals surface area contributed by atoms with Gasteiger partial charge in [0.1, 0.15) is 0 Å². The molecule has 0 fully saturated rings. The molecular weight excluding hydrogens is 304 g/mol. The standard InChI is InChI=1S/C24H48O/c1-3-5-7-9-11-13-15-17-19-21-23-25-24-22-20-18-16-14-12-10-8-6-4-2/h21,23H,3-20,22,24H2,1-2H3. The van der Waals surface area contributed by atoms with Crippen molar-refractivity contribution in [3.8, 4) is 0 Å². The van der Waals surface area contributed by atoms with Crippen molar-refractivity contribution in [3.05, 3.63) is 12.3 Å². The van der Waals surface area contributed by atoms with Crippen molar-refractivity contribution < 1.29 is 4.74 Å². The van der Waals surface area contributed by atoms with Gasteiger partial charge >= 0.3 is 0 Å². The molecule has 1 nitrogen and oxygen atoms in total. The van der Waals surface area contributed by atoms with E-state index in [1.807, 2.05) is 6.26 Å². The highest BCUT2D eigenvalue weighted by Gasteiger charge is 1.93. The zero-order valence-corrected chi connectivity index (χ0v) is 17.7. The number of allylic oxidation sites excluding steroid dienone is 1. The first-order chi connectivity index (χ1) is 12.4. The van der Waals surface area contributed by atoms with Crippen molar-refractivity contribution in [3.63, 3.8) is 0 Å². The van der Waals surface area contributed by atoms with Gasteiger partial charge in [0.05, 0.1) is 12.9 Å². The molecule has 0 aliphatic carbocycles. The fraction of sp³-hybridized carbons (Fsp3) is 0.917. The van der Waals surface area contributed by atoms with Crippen LogP contribution in [0.4, 0.5) is 0 Å². The van der Waals surface area contributed by atoms with Crippen molar-refractivity contribution in [2.75, 3.05) is 6.61 Å². The van der Waals surface area contributed by atoms with Gasteiger partial charge in [-0.25, -0.2) is 0 Å². The molecule has 0 aromatic heterocycles. The summed E-state index contributed by atoms with van der Waals surface area (Å²) in [4.78, 5) is 0. The lowest BCUT2D eigenvalue weighted by atomic mass is 10.1. The number of unbranched alkanes of at least 4 members (excludes halogenated alkanes) is 17. The van der Waals surface area contributed by atoms with Crippen LogP contribution in [0, 0.1) is 0 Å². The largest absolute Gasteiger partial charge is 0.502 e. The second-order valence-corrected chi connectivity index (χ2v) is 7.69. The summed E-state index contributed by atoms with van der Waals surface area (Å²) in [5, 5.41) is 0. The number of hydrogen-bond acceptors (Lipinski definition) is 1. The van der Waals surface area contributed by atoms with Crippen LogP contribution in [0.1, 0.15) is 136 Å². The SMILES string of the molecule is CCCCCCCCCCC=COCCCCCCCCCCCC. The topological polar surface area (TPSA) is 9.23 Å². The molecule has 0 aromatic rings. The lowest BCUT2D eigenvalue weighted by molar-refractivity contribution is 0.239. The number of ether oxygens (including phenoxy) is 1. The molecule has 0 bridgehead atoms. The van der Waals surface area contributed by atoms with Crippen LogP contribution >= 0.6 is 0 Å². The third-order valence-corrected chi connectivity index (χ3v) is 5.03. The maximum Gasteiger partial charge on any atom is 0.0873 e. The van der Waals surface area contributed by atoms with Crippen LogP contribution in [0.3, 0.4) is 0 Å². The summed E-state index contributed by atoms with van der Waals surface area (Å²) in [5.74, 6) is 0. The Balaban J connectivity index is 3.04. The Morgan fingerprint density at radius 2 is 0.880 bits per heavy atom. The molecule has 0 aromatic carbocycles. The highest BCUT2D eigenvalue weighted by atomic mass is 16.5. The van der Waals surface area contributed by atoms with Crippen LogP contribution in [-0.4, -0.2) is 6.61 Å². The quantitative estimate of drug-likeness (QED) is 0.148. The monoisotopic (exact) mass is 352 g/mol. The van der Waals surface area contributed by atoms with E-state index < -0.39 is 0 Å². The van der Waals surface area contributed by atoms with Crippen LogP contribution in [0.25, 0.3) is 0 Å². The molecule has 0 unspecified atom stereocenters. The molecule has 0 spiro atoms. The van der Waals surface area contributed by atoms with Gasteiger partial charge in [-0.3, -0.25) is 0 Å². The second kappa shape index (κ2) is 23.5. The van der Waals surface area contributed by atoms with Gasteiger partial charge in [0, 0.05) is 0 Å². The van der Waals surface area contributed by atoms with E-state index in [0.29, 0.717) is 0 Å². The summed E-state index contributed by atoms with van der Waals surface area (Å²) in [6, 6.07) is 0. The third kappa shape index (κ3) is 23.5. The smallest absolute Gasteiger partial charge is 0.0873 e. The van der Waals surface area contributed by atoms with Crippen LogP contribution in [0.15, 0.2) is 12.3 Å². The van der Waals surface area contributed by atoms with Gasteiger partial charge in [-0.2, -0.15) is 0 Å². The van der Waals surface area contributed by atoms with E-state index in [9.17, 15) is 0 Å². The minimum absolute atomic E-state index is 0.907. The van der Waals surface area contributed by atoms with Crippen molar-refractivity contribution in [1.82, 2.24) is 0 Å². The summed E-state index contributed by atoms with van der Waals surface area (Å²) >= 11 is 0. The second-order valence-electron chi connectivity index (χ2n) is 7.69. The normalized spacial score (nSPS) is 11.4. The van der Waals surface area contributed by atoms with E-state index >= 15 is 0 Å². The lowest BCUT2D eigenvalue weighted by Crippen LogP contribution is -1.88. The van der Waals surface area contributed by atoms with Gasteiger partial charge in [-0.15, -0.1) is 0 Å². The Morgan fingerprint density at radius 3 is 1.36 bits per heavy atom. The Kier molecular flexibility index (Phi) is 23.1. The van der Waals surface area contributed by atoms with Crippen molar-refractivity contribution in [1.29, 1.82) is 0 Å². The van der Waals surface area contributed by atoms with Gasteiger partial charge in [-0.05, 0) is 25.3 Å². The molecule has 0 saturated carbocycles. The van der Waals surface area contributed by atoms with Crippen LogP contribution in [0.5, 0.6) is 0 Å². The predicted molar refractivity (Wildman–Crippen MR) is 114 cm³/mol. The summed E-state index contributed by atoms with van der Waals surface area (Å²) in [6.07, 6.45) is 30.4. The average Bonchev–Trinajstić information content (AvgIpc) is 2.63. The van der Waals surface area contributed by atoms with E-state index in [-0.39, 0.29) is 0 Å². The maximum absolute atomic E-state index is 5.60. The molecule has 0 saturated heterocycles. The van der Waals surface area contributed by atoms with E-state index in [4.69, 9.17) is 4.74 Å². The zero-order valence-electron chi connectivity index (χ0n) is 17.7. The van der Waals surface area contributed by atoms with Gasteiger partial charge < -0.3 is 4.74 Å². The van der Waals surface area contributed by atoms with E-state index in [1.54, 1.807) is 0 Å². The molecule has 0 radical (unpaired) electrons. The Hall–Kier alpha value is -0.460. The number of hydrogen-bond donors (Lipinski definition) is 0. The van der Waals surface area contributed by atoms with Gasteiger partial charge in [0.2, 0.25) is 0 Å². The highest BCUT2D eigenvalue weighted by Crippen LogP contribution is 2.11. The summed E-state index contributed by atoms with van der Waals surface area (Å²) in [7, 11) is 0. The summed E-state index contributed by atoms with van der Waals surface area (Å²) in [5.41, 5.74) is 0. The Bertz CT molecular complexity index is 246. The van der Waals surface area contributed by atoms with E-state index in [1.165, 1.54) is 122 Å². The molecular formula is C24H48O. The van der Waals surface area contributed by atoms with Crippen molar-refractivity contribution in [2.24, 2.45) is 0 Å². The highest BCUT2D eigenvalue weighted by molar-refractivity contribution is 4.73. The molecule has 0 atom stereocenters. The maximum atomic E-state index is 5.60. The van der Waals surface area contributed by atoms with Crippen LogP contribution in [-0.2, 0) is 4.74 Å². The van der Waals surface area contributed by atoms with E-state index in [0.717, 1.165) is 6.61 Å². The van der Waals surface area contributed by atoms with Crippen molar-refractivity contribution >= 4 is 0 Å². The first kappa shape index (κ1) is 24.5. The molecule has 1 heteroatoms. The molecule has 0 N–H and O–H groups in total. The minimum Gasteiger partial charge on any atom is -0.502 e. The average molecular weight is 353 g/mol. The fourth-order valence-electron chi connectivity index (χ4n) is 3.27. The zero-order chi connectivity index (χ0) is 18.3. The molecule has 25 heavy (non-hydrogen) atoms. The summed E-state index contributed by atoms with van der Waals surface area (Å²) in [6.45, 7) is 5.48. The Labute approximate surface area is 160 Å². The van der Waals surface area contributed by atoms with Crippen LogP contribution < -0.4 is 0 Å². The molecule has 0 heterocycles.